The summed E-state index contributed by atoms with van der Waals surface area (Å²) in [5.41, 5.74) is 1.45. The van der Waals surface area contributed by atoms with Crippen molar-refractivity contribution in [3.63, 3.8) is 0 Å². The van der Waals surface area contributed by atoms with E-state index in [2.05, 4.69) is 4.98 Å². The van der Waals surface area contributed by atoms with E-state index in [1.165, 1.54) is 0 Å². The van der Waals surface area contributed by atoms with E-state index in [4.69, 9.17) is 23.4 Å². The van der Waals surface area contributed by atoms with Crippen molar-refractivity contribution in [2.24, 2.45) is 0 Å². The average molecular weight is 386 g/mol. The Bertz CT molecular complexity index is 892. The molecule has 0 saturated carbocycles. The van der Waals surface area contributed by atoms with E-state index in [1.807, 2.05) is 30.0 Å². The molecule has 8 nitrogen and oxygen atoms in total. The van der Waals surface area contributed by atoms with E-state index in [-0.39, 0.29) is 19.1 Å². The van der Waals surface area contributed by atoms with Crippen molar-refractivity contribution < 1.29 is 28.2 Å². The van der Waals surface area contributed by atoms with Gasteiger partial charge in [0.05, 0.1) is 25.3 Å². The topological polar surface area (TPSA) is 83.3 Å². The smallest absolute Gasteiger partial charge is 0.231 e. The molecule has 1 amide bonds. The molecule has 0 N–H and O–H groups in total. The largest absolute Gasteiger partial charge is 0.454 e. The van der Waals surface area contributed by atoms with Crippen molar-refractivity contribution in [2.75, 3.05) is 33.1 Å². The third kappa shape index (κ3) is 3.12. The minimum atomic E-state index is -0.479. The molecule has 0 aliphatic carbocycles. The number of aromatic nitrogens is 1. The summed E-state index contributed by atoms with van der Waals surface area (Å²) in [6.07, 6.45) is 1.63. The second-order valence-corrected chi connectivity index (χ2v) is 7.26. The monoisotopic (exact) mass is 386 g/mol. The molecule has 1 aromatic heterocycles. The lowest BCUT2D eigenvalue weighted by molar-refractivity contribution is -0.187. The zero-order valence-electron chi connectivity index (χ0n) is 15.7. The third-order valence-corrected chi connectivity index (χ3v) is 5.52. The van der Waals surface area contributed by atoms with E-state index in [0.29, 0.717) is 68.0 Å². The standard InChI is InChI=1S/C20H22N2O6/c1-13-15(11-18(23)22-6-4-20(5-7-22)26-8-9-27-20)21-19(28-13)14-2-3-16-17(10-14)25-12-24-16/h2-3,10H,4-9,11-12H2,1H3. The number of oxazole rings is 1. The van der Waals surface area contributed by atoms with E-state index < -0.39 is 5.79 Å². The molecule has 8 heteroatoms. The molecule has 0 bridgehead atoms. The zero-order chi connectivity index (χ0) is 19.1. The van der Waals surface area contributed by atoms with Crippen LogP contribution in [0.5, 0.6) is 11.5 Å². The van der Waals surface area contributed by atoms with Crippen LogP contribution in [0.1, 0.15) is 24.3 Å². The Balaban J connectivity index is 1.26. The van der Waals surface area contributed by atoms with Gasteiger partial charge < -0.3 is 28.3 Å². The van der Waals surface area contributed by atoms with Crippen molar-refractivity contribution in [3.05, 3.63) is 29.7 Å². The van der Waals surface area contributed by atoms with Gasteiger partial charge in [-0.15, -0.1) is 0 Å². The molecule has 2 fully saturated rings. The molecule has 28 heavy (non-hydrogen) atoms. The second-order valence-electron chi connectivity index (χ2n) is 7.26. The maximum atomic E-state index is 12.7. The van der Waals surface area contributed by atoms with Crippen LogP contribution in [0.2, 0.25) is 0 Å². The van der Waals surface area contributed by atoms with Gasteiger partial charge in [0.15, 0.2) is 17.3 Å². The van der Waals surface area contributed by atoms with Gasteiger partial charge in [-0.05, 0) is 25.1 Å². The van der Waals surface area contributed by atoms with Gasteiger partial charge in [-0.2, -0.15) is 0 Å². The molecule has 2 aromatic rings. The predicted octanol–water partition coefficient (Wildman–Crippen LogP) is 2.29. The van der Waals surface area contributed by atoms with E-state index in [9.17, 15) is 4.79 Å². The number of hydrogen-bond acceptors (Lipinski definition) is 7. The van der Waals surface area contributed by atoms with Crippen LogP contribution < -0.4 is 9.47 Å². The number of aryl methyl sites for hydroxylation is 1. The highest BCUT2D eigenvalue weighted by Crippen LogP contribution is 2.36. The minimum Gasteiger partial charge on any atom is -0.454 e. The van der Waals surface area contributed by atoms with Crippen LogP contribution in [0, 0.1) is 6.92 Å². The highest BCUT2D eigenvalue weighted by molar-refractivity contribution is 5.79. The number of amides is 1. The molecule has 0 unspecified atom stereocenters. The quantitative estimate of drug-likeness (QED) is 0.800. The number of ether oxygens (including phenoxy) is 4. The molecule has 148 valence electrons. The van der Waals surface area contributed by atoms with Gasteiger partial charge in [-0.1, -0.05) is 0 Å². The molecule has 5 rings (SSSR count). The van der Waals surface area contributed by atoms with Gasteiger partial charge in [-0.3, -0.25) is 4.79 Å². The highest BCUT2D eigenvalue weighted by atomic mass is 16.7. The number of carbonyl (C=O) groups excluding carboxylic acids is 1. The maximum Gasteiger partial charge on any atom is 0.231 e. The summed E-state index contributed by atoms with van der Waals surface area (Å²) in [6, 6.07) is 5.54. The van der Waals surface area contributed by atoms with Crippen LogP contribution in [0.4, 0.5) is 0 Å². The summed E-state index contributed by atoms with van der Waals surface area (Å²) in [4.78, 5) is 19.2. The van der Waals surface area contributed by atoms with Gasteiger partial charge in [0.25, 0.3) is 0 Å². The molecule has 3 aliphatic heterocycles. The lowest BCUT2D eigenvalue weighted by atomic mass is 10.0. The Morgan fingerprint density at radius 2 is 1.89 bits per heavy atom. The number of fused-ring (bicyclic) bond motifs is 1. The molecule has 0 atom stereocenters. The van der Waals surface area contributed by atoms with Crippen molar-refractivity contribution >= 4 is 5.91 Å². The van der Waals surface area contributed by atoms with Crippen LogP contribution >= 0.6 is 0 Å². The summed E-state index contributed by atoms with van der Waals surface area (Å²) in [5.74, 6) is 2.07. The Morgan fingerprint density at radius 3 is 2.68 bits per heavy atom. The lowest BCUT2D eigenvalue weighted by Gasteiger charge is -2.37. The molecular weight excluding hydrogens is 364 g/mol. The molecule has 4 heterocycles. The van der Waals surface area contributed by atoms with E-state index in [0.717, 1.165) is 5.56 Å². The Morgan fingerprint density at radius 1 is 1.14 bits per heavy atom. The Hall–Kier alpha value is -2.58. The van der Waals surface area contributed by atoms with E-state index >= 15 is 0 Å². The van der Waals surface area contributed by atoms with Crippen LogP contribution in [0.3, 0.4) is 0 Å². The summed E-state index contributed by atoms with van der Waals surface area (Å²) in [7, 11) is 0. The van der Waals surface area contributed by atoms with Gasteiger partial charge in [0, 0.05) is 31.5 Å². The molecular formula is C20H22N2O6. The van der Waals surface area contributed by atoms with Crippen molar-refractivity contribution in [2.45, 2.75) is 32.0 Å². The van der Waals surface area contributed by atoms with Crippen LogP contribution in [-0.2, 0) is 20.7 Å². The Kier molecular flexibility index (Phi) is 4.25. The number of nitrogens with zero attached hydrogens (tertiary/aromatic N) is 2. The van der Waals surface area contributed by atoms with Crippen LogP contribution in [0.25, 0.3) is 11.5 Å². The highest BCUT2D eigenvalue weighted by Gasteiger charge is 2.40. The molecule has 2 saturated heterocycles. The average Bonchev–Trinajstić information content (AvgIpc) is 3.43. The number of hydrogen-bond donors (Lipinski definition) is 0. The first-order valence-corrected chi connectivity index (χ1v) is 9.54. The number of piperidine rings is 1. The third-order valence-electron chi connectivity index (χ3n) is 5.52. The SMILES string of the molecule is Cc1oc(-c2ccc3c(c2)OCO3)nc1CC(=O)N1CCC2(CC1)OCCO2. The number of rotatable bonds is 3. The lowest BCUT2D eigenvalue weighted by Crippen LogP contribution is -2.47. The molecule has 1 aromatic carbocycles. The van der Waals surface area contributed by atoms with Gasteiger partial charge >= 0.3 is 0 Å². The van der Waals surface area contributed by atoms with Gasteiger partial charge in [-0.25, -0.2) is 4.98 Å². The van der Waals surface area contributed by atoms with Gasteiger partial charge in [0.2, 0.25) is 18.6 Å². The number of benzene rings is 1. The van der Waals surface area contributed by atoms with Crippen molar-refractivity contribution in [1.29, 1.82) is 0 Å². The number of likely N-dealkylation sites (tertiary alicyclic amines) is 1. The summed E-state index contributed by atoms with van der Waals surface area (Å²) >= 11 is 0. The van der Waals surface area contributed by atoms with Crippen molar-refractivity contribution in [1.82, 2.24) is 9.88 Å². The van der Waals surface area contributed by atoms with Gasteiger partial charge in [0.1, 0.15) is 5.76 Å². The first-order chi connectivity index (χ1) is 13.6. The molecule has 1 spiro atoms. The minimum absolute atomic E-state index is 0.0430. The number of carbonyl (C=O) groups is 1. The fourth-order valence-electron chi connectivity index (χ4n) is 3.88. The van der Waals surface area contributed by atoms with E-state index in [1.54, 1.807) is 0 Å². The summed E-state index contributed by atoms with van der Waals surface area (Å²) < 4.78 is 28.0. The fourth-order valence-corrected chi connectivity index (χ4v) is 3.88. The maximum absolute atomic E-state index is 12.7. The summed E-state index contributed by atoms with van der Waals surface area (Å²) in [5, 5.41) is 0. The van der Waals surface area contributed by atoms with Crippen LogP contribution in [0.15, 0.2) is 22.6 Å². The normalized spacial score (nSPS) is 20.1. The van der Waals surface area contributed by atoms with Crippen LogP contribution in [-0.4, -0.2) is 54.7 Å². The molecule has 0 radical (unpaired) electrons. The first-order valence-electron chi connectivity index (χ1n) is 9.54. The summed E-state index contributed by atoms with van der Waals surface area (Å²) in [6.45, 7) is 4.58. The second kappa shape index (κ2) is 6.79. The first kappa shape index (κ1) is 17.5. The fraction of sp³-hybridized carbons (Fsp3) is 0.500. The Labute approximate surface area is 162 Å². The predicted molar refractivity (Wildman–Crippen MR) is 97.0 cm³/mol. The molecule has 3 aliphatic rings. The zero-order valence-corrected chi connectivity index (χ0v) is 15.7. The van der Waals surface area contributed by atoms with Crippen molar-refractivity contribution in [3.8, 4) is 23.0 Å².